The lowest BCUT2D eigenvalue weighted by Crippen LogP contribution is -2.31. The van der Waals surface area contributed by atoms with Crippen molar-refractivity contribution < 1.29 is 22.8 Å². The predicted octanol–water partition coefficient (Wildman–Crippen LogP) is 6.24. The normalized spacial score (nSPS) is 15.6. The van der Waals surface area contributed by atoms with Crippen LogP contribution in [0.2, 0.25) is 10.0 Å². The number of nitrogens with zero attached hydrogens (tertiary/aromatic N) is 1. The summed E-state index contributed by atoms with van der Waals surface area (Å²) in [5.41, 5.74) is -0.301. The molecule has 4 nitrogen and oxygen atoms in total. The van der Waals surface area contributed by atoms with Gasteiger partial charge in [0.15, 0.2) is 0 Å². The summed E-state index contributed by atoms with van der Waals surface area (Å²) in [5, 5.41) is 3.04. The van der Waals surface area contributed by atoms with E-state index in [4.69, 9.17) is 35.4 Å². The van der Waals surface area contributed by atoms with Gasteiger partial charge in [-0.15, -0.1) is 0 Å². The van der Waals surface area contributed by atoms with Gasteiger partial charge in [-0.3, -0.25) is 14.5 Å². The van der Waals surface area contributed by atoms with Crippen molar-refractivity contribution in [2.75, 3.05) is 11.9 Å². The van der Waals surface area contributed by atoms with E-state index in [2.05, 4.69) is 5.32 Å². The molecule has 1 heterocycles. The maximum Gasteiger partial charge on any atom is 0.416 e. The Morgan fingerprint density at radius 1 is 1.19 bits per heavy atom. The lowest BCUT2D eigenvalue weighted by molar-refractivity contribution is -0.137. The van der Waals surface area contributed by atoms with E-state index >= 15 is 0 Å². The highest BCUT2D eigenvalue weighted by Crippen LogP contribution is 2.35. The first-order valence-electron chi connectivity index (χ1n) is 8.73. The molecule has 0 saturated carbocycles. The van der Waals surface area contributed by atoms with Crippen LogP contribution in [0.1, 0.15) is 17.5 Å². The molecule has 1 aliphatic rings. The molecule has 0 bridgehead atoms. The van der Waals surface area contributed by atoms with Crippen molar-refractivity contribution >= 4 is 75.1 Å². The van der Waals surface area contributed by atoms with E-state index in [9.17, 15) is 22.8 Å². The van der Waals surface area contributed by atoms with Crippen LogP contribution in [0.4, 0.5) is 18.9 Å². The van der Waals surface area contributed by atoms with Crippen molar-refractivity contribution in [3.05, 3.63) is 68.5 Å². The maximum atomic E-state index is 12.8. The van der Waals surface area contributed by atoms with Crippen LogP contribution in [0, 0.1) is 0 Å². The van der Waals surface area contributed by atoms with E-state index in [0.717, 1.165) is 23.9 Å². The Morgan fingerprint density at radius 2 is 1.90 bits per heavy atom. The molecule has 1 fully saturated rings. The number of thiocarbonyl (C=S) groups is 1. The summed E-state index contributed by atoms with van der Waals surface area (Å²) in [4.78, 5) is 26.4. The summed E-state index contributed by atoms with van der Waals surface area (Å²) in [6.07, 6.45) is -3.09. The van der Waals surface area contributed by atoms with E-state index in [1.807, 2.05) is 0 Å². The van der Waals surface area contributed by atoms with Crippen molar-refractivity contribution in [2.24, 2.45) is 0 Å². The minimum Gasteiger partial charge on any atom is -0.326 e. The van der Waals surface area contributed by atoms with Gasteiger partial charge in [-0.05, 0) is 35.9 Å². The molecule has 2 amide bonds. The molecule has 0 spiro atoms. The van der Waals surface area contributed by atoms with Crippen molar-refractivity contribution in [2.45, 2.75) is 12.6 Å². The minimum absolute atomic E-state index is 0.0145. The van der Waals surface area contributed by atoms with Crippen LogP contribution >= 0.6 is 47.2 Å². The molecule has 1 N–H and O–H groups in total. The van der Waals surface area contributed by atoms with Gasteiger partial charge < -0.3 is 5.32 Å². The van der Waals surface area contributed by atoms with Crippen LogP contribution in [-0.2, 0) is 15.8 Å². The zero-order valence-electron chi connectivity index (χ0n) is 15.5. The van der Waals surface area contributed by atoms with E-state index in [1.54, 1.807) is 24.3 Å². The summed E-state index contributed by atoms with van der Waals surface area (Å²) in [5.74, 6) is -0.937. The molecule has 3 rings (SSSR count). The van der Waals surface area contributed by atoms with Crippen LogP contribution in [0.15, 0.2) is 47.4 Å². The predicted molar refractivity (Wildman–Crippen MR) is 121 cm³/mol. The first kappa shape index (κ1) is 23.6. The quantitative estimate of drug-likeness (QED) is 0.386. The fourth-order valence-corrected chi connectivity index (χ4v) is 4.34. The lowest BCUT2D eigenvalue weighted by Gasteiger charge is -2.14. The van der Waals surface area contributed by atoms with Crippen LogP contribution in [-0.4, -0.2) is 27.6 Å². The number of hydrogen-bond donors (Lipinski definition) is 1. The Labute approximate surface area is 195 Å². The van der Waals surface area contributed by atoms with Crippen LogP contribution in [0.25, 0.3) is 6.08 Å². The van der Waals surface area contributed by atoms with Crippen molar-refractivity contribution in [1.82, 2.24) is 4.90 Å². The molecular weight excluding hydrogens is 492 g/mol. The van der Waals surface area contributed by atoms with Gasteiger partial charge in [0, 0.05) is 18.7 Å². The molecule has 1 saturated heterocycles. The molecule has 11 heteroatoms. The largest absolute Gasteiger partial charge is 0.416 e. The Balaban J connectivity index is 1.64. The molecule has 1 aliphatic heterocycles. The highest BCUT2D eigenvalue weighted by Gasteiger charge is 2.33. The molecular formula is C20H13Cl2F3N2O2S2. The fraction of sp³-hybridized carbons (Fsp3) is 0.150. The first-order chi connectivity index (χ1) is 14.6. The van der Waals surface area contributed by atoms with Gasteiger partial charge >= 0.3 is 6.18 Å². The van der Waals surface area contributed by atoms with Gasteiger partial charge in [-0.2, -0.15) is 13.2 Å². The van der Waals surface area contributed by atoms with E-state index in [0.29, 0.717) is 20.5 Å². The summed E-state index contributed by atoms with van der Waals surface area (Å²) in [6, 6.07) is 9.32. The Hall–Kier alpha value is -2.07. The summed E-state index contributed by atoms with van der Waals surface area (Å²) in [6.45, 7) is -0.0178. The topological polar surface area (TPSA) is 49.4 Å². The minimum atomic E-state index is -4.51. The molecule has 0 atom stereocenters. The molecule has 31 heavy (non-hydrogen) atoms. The van der Waals surface area contributed by atoms with E-state index in [-0.39, 0.29) is 23.0 Å². The van der Waals surface area contributed by atoms with Crippen molar-refractivity contribution in [1.29, 1.82) is 0 Å². The molecule has 2 aromatic rings. The molecule has 0 aromatic heterocycles. The number of anilines is 1. The number of alkyl halides is 3. The Bertz CT molecular complexity index is 1090. The lowest BCUT2D eigenvalue weighted by atomic mass is 10.2. The molecule has 162 valence electrons. The average molecular weight is 505 g/mol. The zero-order chi connectivity index (χ0) is 22.8. The van der Waals surface area contributed by atoms with Gasteiger partial charge in [0.2, 0.25) is 5.91 Å². The van der Waals surface area contributed by atoms with E-state index < -0.39 is 23.6 Å². The molecule has 0 aliphatic carbocycles. The van der Waals surface area contributed by atoms with Crippen LogP contribution in [0.3, 0.4) is 0 Å². The van der Waals surface area contributed by atoms with Gasteiger partial charge in [-0.25, -0.2) is 0 Å². The number of nitrogens with one attached hydrogen (secondary N) is 1. The third kappa shape index (κ3) is 5.79. The van der Waals surface area contributed by atoms with Crippen molar-refractivity contribution in [3.8, 4) is 0 Å². The molecule has 0 radical (unpaired) electrons. The highest BCUT2D eigenvalue weighted by atomic mass is 35.5. The number of thioether (sulfide) groups is 1. The van der Waals surface area contributed by atoms with Crippen LogP contribution < -0.4 is 5.32 Å². The van der Waals surface area contributed by atoms with Gasteiger partial charge in [0.25, 0.3) is 5.91 Å². The molecule has 2 aromatic carbocycles. The van der Waals surface area contributed by atoms with Crippen molar-refractivity contribution in [3.63, 3.8) is 0 Å². The second kappa shape index (κ2) is 9.60. The van der Waals surface area contributed by atoms with E-state index in [1.165, 1.54) is 17.0 Å². The van der Waals surface area contributed by atoms with Crippen LogP contribution in [0.5, 0.6) is 0 Å². The average Bonchev–Trinajstić information content (AvgIpc) is 2.96. The summed E-state index contributed by atoms with van der Waals surface area (Å²) in [7, 11) is 0. The van der Waals surface area contributed by atoms with Gasteiger partial charge in [-0.1, -0.05) is 65.4 Å². The highest BCUT2D eigenvalue weighted by molar-refractivity contribution is 8.26. The first-order valence-corrected chi connectivity index (χ1v) is 10.7. The number of rotatable bonds is 5. The second-order valence-corrected chi connectivity index (χ2v) is 8.81. The standard InChI is InChI=1S/C20H13Cl2F3N2O2S2/c21-14-6-1-3-11(17(14)22)9-15-18(29)27(19(30)31-15)8-7-16(28)26-13-5-2-4-12(10-13)20(23,24)25/h1-6,9-10H,7-8H2,(H,26,28)/b15-9-. The van der Waals surface area contributed by atoms with Gasteiger partial charge in [0.05, 0.1) is 20.5 Å². The summed E-state index contributed by atoms with van der Waals surface area (Å²) >= 11 is 18.4. The third-order valence-corrected chi connectivity index (χ3v) is 6.39. The number of carbonyl (C=O) groups is 2. The SMILES string of the molecule is O=C(CCN1C(=O)/C(=C/c2cccc(Cl)c2Cl)SC1=S)Nc1cccc(C(F)(F)F)c1. The number of halogens is 5. The third-order valence-electron chi connectivity index (χ3n) is 4.18. The number of benzene rings is 2. The Morgan fingerprint density at radius 3 is 2.61 bits per heavy atom. The fourth-order valence-electron chi connectivity index (χ4n) is 2.68. The Kier molecular flexibility index (Phi) is 7.31. The maximum absolute atomic E-state index is 12.8. The smallest absolute Gasteiger partial charge is 0.326 e. The monoisotopic (exact) mass is 504 g/mol. The number of carbonyl (C=O) groups excluding carboxylic acids is 2. The zero-order valence-corrected chi connectivity index (χ0v) is 18.6. The second-order valence-electron chi connectivity index (χ2n) is 6.35. The number of hydrogen-bond acceptors (Lipinski definition) is 4. The molecule has 0 unspecified atom stereocenters. The summed E-state index contributed by atoms with van der Waals surface area (Å²) < 4.78 is 38.6. The number of amides is 2. The van der Waals surface area contributed by atoms with Gasteiger partial charge in [0.1, 0.15) is 4.32 Å².